The second kappa shape index (κ2) is 8.37. The summed E-state index contributed by atoms with van der Waals surface area (Å²) >= 11 is 0. The van der Waals surface area contributed by atoms with Crippen molar-refractivity contribution in [2.45, 2.75) is 39.3 Å². The molecule has 0 aliphatic rings. The molecule has 0 radical (unpaired) electrons. The van der Waals surface area contributed by atoms with Gasteiger partial charge in [-0.1, -0.05) is 20.8 Å². The zero-order valence-corrected chi connectivity index (χ0v) is 16.7. The van der Waals surface area contributed by atoms with Gasteiger partial charge in [0, 0.05) is 31.4 Å². The van der Waals surface area contributed by atoms with Crippen molar-refractivity contribution in [1.82, 2.24) is 20.2 Å². The smallest absolute Gasteiger partial charge is 0.213 e. The van der Waals surface area contributed by atoms with Gasteiger partial charge in [-0.3, -0.25) is 4.99 Å². The van der Waals surface area contributed by atoms with E-state index in [9.17, 15) is 0 Å². The highest BCUT2D eigenvalue weighted by atomic mass is 127. The third-order valence-electron chi connectivity index (χ3n) is 3.41. The summed E-state index contributed by atoms with van der Waals surface area (Å²) in [5.74, 6) is 2.26. The van der Waals surface area contributed by atoms with Gasteiger partial charge in [-0.2, -0.15) is 0 Å². The Hall–Kier alpha value is -1.51. The molecular weight excluding hydrogens is 405 g/mol. The van der Waals surface area contributed by atoms with Crippen molar-refractivity contribution in [3.05, 3.63) is 41.9 Å². The molecule has 0 atom stereocenters. The first-order valence-corrected chi connectivity index (χ1v) is 7.40. The van der Waals surface area contributed by atoms with Gasteiger partial charge in [0.1, 0.15) is 5.76 Å². The number of aliphatic imine (C=N–C) groups is 1. The molecule has 7 heteroatoms. The topological polar surface area (TPSA) is 67.4 Å². The second-order valence-electron chi connectivity index (χ2n) is 6.26. The van der Waals surface area contributed by atoms with E-state index in [2.05, 4.69) is 52.0 Å². The first-order valence-electron chi connectivity index (χ1n) is 7.40. The zero-order chi connectivity index (χ0) is 16.2. The molecule has 0 aliphatic heterocycles. The Bertz CT molecular complexity index is 639. The number of oxazole rings is 1. The summed E-state index contributed by atoms with van der Waals surface area (Å²) in [4.78, 5) is 8.50. The molecule has 6 nitrogen and oxygen atoms in total. The van der Waals surface area contributed by atoms with Crippen LogP contribution in [0.5, 0.6) is 0 Å². The van der Waals surface area contributed by atoms with E-state index in [-0.39, 0.29) is 29.4 Å². The summed E-state index contributed by atoms with van der Waals surface area (Å²) in [6.07, 6.45) is 3.81. The van der Waals surface area contributed by atoms with Crippen molar-refractivity contribution < 1.29 is 4.42 Å². The number of nitrogens with one attached hydrogen (secondary N) is 2. The summed E-state index contributed by atoms with van der Waals surface area (Å²) in [6, 6.07) is 4.10. The number of rotatable bonds is 4. The van der Waals surface area contributed by atoms with E-state index in [0.29, 0.717) is 19.0 Å². The molecule has 0 saturated heterocycles. The van der Waals surface area contributed by atoms with Crippen LogP contribution in [0.15, 0.2) is 33.9 Å². The Morgan fingerprint density at radius 3 is 2.52 bits per heavy atom. The van der Waals surface area contributed by atoms with Crippen LogP contribution in [0.25, 0.3) is 0 Å². The highest BCUT2D eigenvalue weighted by Crippen LogP contribution is 2.22. The Morgan fingerprint density at radius 2 is 2.00 bits per heavy atom. The number of aryl methyl sites for hydroxylation is 1. The molecule has 128 valence electrons. The van der Waals surface area contributed by atoms with Crippen LogP contribution >= 0.6 is 24.0 Å². The minimum atomic E-state index is -0.0301. The van der Waals surface area contributed by atoms with E-state index in [4.69, 9.17) is 4.42 Å². The molecule has 0 saturated carbocycles. The van der Waals surface area contributed by atoms with Crippen LogP contribution < -0.4 is 10.6 Å². The first kappa shape index (κ1) is 19.5. The number of hydrogen-bond donors (Lipinski definition) is 2. The SMILES string of the molecule is CN=C(NCc1ncc(C(C)(C)C)o1)NCc1cccn1C.I. The average molecular weight is 431 g/mol. The molecular formula is C16H26IN5O. The molecule has 0 fully saturated rings. The summed E-state index contributed by atoms with van der Waals surface area (Å²) in [5.41, 5.74) is 1.16. The van der Waals surface area contributed by atoms with E-state index >= 15 is 0 Å². The fourth-order valence-electron chi connectivity index (χ4n) is 1.97. The summed E-state index contributed by atoms with van der Waals surface area (Å²) in [5, 5.41) is 6.47. The molecule has 0 unspecified atom stereocenters. The van der Waals surface area contributed by atoms with E-state index in [1.165, 1.54) is 5.69 Å². The molecule has 2 aromatic heterocycles. The fourth-order valence-corrected chi connectivity index (χ4v) is 1.97. The number of aromatic nitrogens is 2. The van der Waals surface area contributed by atoms with Gasteiger partial charge >= 0.3 is 0 Å². The van der Waals surface area contributed by atoms with Gasteiger partial charge in [-0.25, -0.2) is 4.98 Å². The summed E-state index contributed by atoms with van der Waals surface area (Å²) in [6.45, 7) is 7.52. The number of guanidine groups is 1. The predicted molar refractivity (Wildman–Crippen MR) is 103 cm³/mol. The molecule has 2 heterocycles. The van der Waals surface area contributed by atoms with E-state index in [1.807, 2.05) is 19.3 Å². The van der Waals surface area contributed by atoms with Crippen LogP contribution in [0.1, 0.15) is 38.1 Å². The molecule has 2 aromatic rings. The lowest BCUT2D eigenvalue weighted by molar-refractivity contribution is 0.379. The van der Waals surface area contributed by atoms with Crippen LogP contribution in [0, 0.1) is 0 Å². The van der Waals surface area contributed by atoms with Crippen LogP contribution in [-0.4, -0.2) is 22.6 Å². The molecule has 0 aliphatic carbocycles. The molecule has 2 N–H and O–H groups in total. The third kappa shape index (κ3) is 5.56. The monoisotopic (exact) mass is 431 g/mol. The Balaban J connectivity index is 0.00000264. The molecule has 2 rings (SSSR count). The van der Waals surface area contributed by atoms with Crippen molar-refractivity contribution in [1.29, 1.82) is 0 Å². The quantitative estimate of drug-likeness (QED) is 0.444. The normalized spacial score (nSPS) is 12.0. The lowest BCUT2D eigenvalue weighted by atomic mass is 9.94. The van der Waals surface area contributed by atoms with Crippen molar-refractivity contribution >= 4 is 29.9 Å². The van der Waals surface area contributed by atoms with Crippen molar-refractivity contribution in [2.75, 3.05) is 7.05 Å². The maximum absolute atomic E-state index is 5.75. The molecule has 0 spiro atoms. The van der Waals surface area contributed by atoms with Crippen LogP contribution in [-0.2, 0) is 25.6 Å². The second-order valence-corrected chi connectivity index (χ2v) is 6.26. The lowest BCUT2D eigenvalue weighted by Gasteiger charge is -2.13. The summed E-state index contributed by atoms with van der Waals surface area (Å²) in [7, 11) is 3.77. The maximum Gasteiger partial charge on any atom is 0.213 e. The van der Waals surface area contributed by atoms with Gasteiger partial charge in [-0.05, 0) is 12.1 Å². The molecule has 0 aromatic carbocycles. The number of hydrogen-bond acceptors (Lipinski definition) is 3. The van der Waals surface area contributed by atoms with E-state index in [1.54, 1.807) is 13.2 Å². The zero-order valence-electron chi connectivity index (χ0n) is 14.4. The molecule has 23 heavy (non-hydrogen) atoms. The van der Waals surface area contributed by atoms with Crippen LogP contribution in [0.4, 0.5) is 0 Å². The Kier molecular flexibility index (Phi) is 7.11. The van der Waals surface area contributed by atoms with Gasteiger partial charge < -0.3 is 19.6 Å². The first-order chi connectivity index (χ1) is 10.4. The predicted octanol–water partition coefficient (Wildman–Crippen LogP) is 2.79. The minimum absolute atomic E-state index is 0. The standard InChI is InChI=1S/C16H25N5O.HI/c1-16(2,3)13-10-18-14(22-13)11-20-15(17-4)19-9-12-7-6-8-21(12)5;/h6-8,10H,9,11H2,1-5H3,(H2,17,19,20);1H. The van der Waals surface area contributed by atoms with Crippen molar-refractivity contribution in [3.63, 3.8) is 0 Å². The highest BCUT2D eigenvalue weighted by molar-refractivity contribution is 14.0. The molecule has 0 bridgehead atoms. The third-order valence-corrected chi connectivity index (χ3v) is 3.41. The number of nitrogens with zero attached hydrogens (tertiary/aromatic N) is 3. The van der Waals surface area contributed by atoms with E-state index < -0.39 is 0 Å². The maximum atomic E-state index is 5.75. The Labute approximate surface area is 154 Å². The van der Waals surface area contributed by atoms with E-state index in [0.717, 1.165) is 11.7 Å². The fraction of sp³-hybridized carbons (Fsp3) is 0.500. The largest absolute Gasteiger partial charge is 0.443 e. The van der Waals surface area contributed by atoms with Gasteiger partial charge in [0.15, 0.2) is 5.96 Å². The highest BCUT2D eigenvalue weighted by Gasteiger charge is 2.19. The summed E-state index contributed by atoms with van der Waals surface area (Å²) < 4.78 is 7.83. The lowest BCUT2D eigenvalue weighted by Crippen LogP contribution is -2.36. The van der Waals surface area contributed by atoms with Crippen LogP contribution in [0.2, 0.25) is 0 Å². The van der Waals surface area contributed by atoms with Crippen LogP contribution in [0.3, 0.4) is 0 Å². The Morgan fingerprint density at radius 1 is 1.30 bits per heavy atom. The van der Waals surface area contributed by atoms with Crippen molar-refractivity contribution in [2.24, 2.45) is 12.0 Å². The van der Waals surface area contributed by atoms with Crippen molar-refractivity contribution in [3.8, 4) is 0 Å². The van der Waals surface area contributed by atoms with Gasteiger partial charge in [-0.15, -0.1) is 24.0 Å². The van der Waals surface area contributed by atoms with Gasteiger partial charge in [0.25, 0.3) is 0 Å². The minimum Gasteiger partial charge on any atom is -0.443 e. The molecule has 0 amide bonds. The average Bonchev–Trinajstić information content (AvgIpc) is 3.08. The van der Waals surface area contributed by atoms with Gasteiger partial charge in [0.2, 0.25) is 5.89 Å². The number of halogens is 1. The van der Waals surface area contributed by atoms with Gasteiger partial charge in [0.05, 0.1) is 19.3 Å².